The molecular weight excluding hydrogens is 617 g/mol. The van der Waals surface area contributed by atoms with Crippen LogP contribution in [0.2, 0.25) is 0 Å². The molecule has 0 rings (SSSR count). The zero-order chi connectivity index (χ0) is 34.7. The molecule has 0 amide bonds. The van der Waals surface area contributed by atoms with Gasteiger partial charge in [-0.3, -0.25) is 18.6 Å². The molecule has 3 N–H and O–H groups in total. The van der Waals surface area contributed by atoms with Crippen molar-refractivity contribution in [2.24, 2.45) is 5.73 Å². The lowest BCUT2D eigenvalue weighted by molar-refractivity contribution is -0.161. The van der Waals surface area contributed by atoms with E-state index in [1.165, 1.54) is 12.8 Å². The van der Waals surface area contributed by atoms with E-state index in [-0.39, 0.29) is 32.6 Å². The summed E-state index contributed by atoms with van der Waals surface area (Å²) in [5, 5.41) is 0. The van der Waals surface area contributed by atoms with Gasteiger partial charge in [0.25, 0.3) is 0 Å². The van der Waals surface area contributed by atoms with Crippen LogP contribution in [0.3, 0.4) is 0 Å². The topological polar surface area (TPSA) is 134 Å². The van der Waals surface area contributed by atoms with Crippen LogP contribution in [0.5, 0.6) is 0 Å². The van der Waals surface area contributed by atoms with E-state index in [9.17, 15) is 19.0 Å². The van der Waals surface area contributed by atoms with Crippen LogP contribution in [0.25, 0.3) is 0 Å². The number of allylic oxidation sites excluding steroid dienone is 10. The minimum absolute atomic E-state index is 0.0435. The second kappa shape index (κ2) is 33.6. The summed E-state index contributed by atoms with van der Waals surface area (Å²) in [7, 11) is -4.38. The van der Waals surface area contributed by atoms with Gasteiger partial charge in [0.05, 0.1) is 13.2 Å². The first-order valence-electron chi connectivity index (χ1n) is 17.8. The Bertz CT molecular complexity index is 960. The first-order chi connectivity index (χ1) is 22.8. The third-order valence-corrected chi connectivity index (χ3v) is 7.87. The molecule has 0 aliphatic heterocycles. The van der Waals surface area contributed by atoms with Gasteiger partial charge < -0.3 is 20.1 Å². The van der Waals surface area contributed by atoms with E-state index in [1.54, 1.807) is 0 Å². The second-order valence-electron chi connectivity index (χ2n) is 11.3. The van der Waals surface area contributed by atoms with E-state index >= 15 is 0 Å². The van der Waals surface area contributed by atoms with Gasteiger partial charge in [-0.25, -0.2) is 4.57 Å². The van der Waals surface area contributed by atoms with Gasteiger partial charge in [0.2, 0.25) is 0 Å². The molecule has 0 heterocycles. The molecule has 0 spiro atoms. The average Bonchev–Trinajstić information content (AvgIpc) is 3.05. The van der Waals surface area contributed by atoms with Gasteiger partial charge >= 0.3 is 19.8 Å². The van der Waals surface area contributed by atoms with Crippen molar-refractivity contribution < 1.29 is 37.6 Å². The molecule has 0 fully saturated rings. The molecular formula is C37H64NO8P. The molecule has 47 heavy (non-hydrogen) atoms. The van der Waals surface area contributed by atoms with Crippen molar-refractivity contribution in [1.29, 1.82) is 0 Å². The monoisotopic (exact) mass is 681 g/mol. The molecule has 0 aliphatic rings. The predicted molar refractivity (Wildman–Crippen MR) is 192 cm³/mol. The second-order valence-corrected chi connectivity index (χ2v) is 12.8. The number of ether oxygens (including phenoxy) is 2. The molecule has 0 saturated heterocycles. The van der Waals surface area contributed by atoms with Gasteiger partial charge in [-0.2, -0.15) is 0 Å². The molecule has 9 nitrogen and oxygen atoms in total. The van der Waals surface area contributed by atoms with Crippen LogP contribution in [0, 0.1) is 0 Å². The molecule has 270 valence electrons. The molecule has 0 aromatic rings. The Kier molecular flexibility index (Phi) is 32.0. The fraction of sp³-hybridized carbons (Fsp3) is 0.676. The van der Waals surface area contributed by atoms with Gasteiger partial charge in [-0.05, 0) is 70.6 Å². The summed E-state index contributed by atoms with van der Waals surface area (Å²) in [6.07, 6.45) is 36.9. The van der Waals surface area contributed by atoms with Crippen LogP contribution in [-0.4, -0.2) is 49.3 Å². The normalized spacial score (nSPS) is 14.2. The number of nitrogens with two attached hydrogens (primary N) is 1. The molecule has 0 saturated carbocycles. The van der Waals surface area contributed by atoms with Crippen LogP contribution in [-0.2, 0) is 32.7 Å². The first kappa shape index (κ1) is 44.7. The number of hydrogen-bond acceptors (Lipinski definition) is 8. The minimum atomic E-state index is -4.38. The standard InChI is InChI=1S/C37H64NO8P/c1-3-5-7-9-11-13-15-16-17-18-20-21-23-25-27-29-36(39)43-33-35(34-45-47(41,42)44-32-31-38)46-37(40)30-28-26-24-22-19-14-12-10-8-6-4-2/h5,7,10-13,16-17,20-21,35H,3-4,6,8-9,14-15,18-19,22-34,38H2,1-2H3,(H,41,42). The van der Waals surface area contributed by atoms with E-state index in [2.05, 4.69) is 74.6 Å². The molecule has 0 aromatic heterocycles. The fourth-order valence-electron chi connectivity index (χ4n) is 4.25. The summed E-state index contributed by atoms with van der Waals surface area (Å²) in [4.78, 5) is 34.6. The maximum Gasteiger partial charge on any atom is 0.472 e. The number of unbranched alkanes of at least 4 members (excludes halogenated alkanes) is 9. The van der Waals surface area contributed by atoms with Gasteiger partial charge in [-0.1, -0.05) is 107 Å². The highest BCUT2D eigenvalue weighted by Gasteiger charge is 2.25. The average molecular weight is 682 g/mol. The molecule has 10 heteroatoms. The Morgan fingerprint density at radius 2 is 1.17 bits per heavy atom. The maximum atomic E-state index is 12.5. The summed E-state index contributed by atoms with van der Waals surface area (Å²) in [6, 6.07) is 0. The van der Waals surface area contributed by atoms with Crippen molar-refractivity contribution >= 4 is 19.8 Å². The number of rotatable bonds is 32. The van der Waals surface area contributed by atoms with Gasteiger partial charge in [0, 0.05) is 19.4 Å². The number of esters is 2. The first-order valence-corrected chi connectivity index (χ1v) is 19.3. The quantitative estimate of drug-likeness (QED) is 0.0308. The van der Waals surface area contributed by atoms with Crippen molar-refractivity contribution in [3.63, 3.8) is 0 Å². The van der Waals surface area contributed by atoms with Crippen LogP contribution < -0.4 is 5.73 Å². The lowest BCUT2D eigenvalue weighted by atomic mass is 10.1. The Morgan fingerprint density at radius 1 is 0.660 bits per heavy atom. The van der Waals surface area contributed by atoms with Crippen LogP contribution in [0.1, 0.15) is 129 Å². The highest BCUT2D eigenvalue weighted by Crippen LogP contribution is 2.43. The highest BCUT2D eigenvalue weighted by atomic mass is 31.2. The smallest absolute Gasteiger partial charge is 0.462 e. The molecule has 0 aliphatic carbocycles. The predicted octanol–water partition coefficient (Wildman–Crippen LogP) is 9.38. The third kappa shape index (κ3) is 33.4. The molecule has 0 aromatic carbocycles. The van der Waals surface area contributed by atoms with E-state index in [4.69, 9.17) is 24.3 Å². The Balaban J connectivity index is 4.36. The summed E-state index contributed by atoms with van der Waals surface area (Å²) < 4.78 is 32.5. The van der Waals surface area contributed by atoms with Crippen LogP contribution in [0.15, 0.2) is 60.8 Å². The van der Waals surface area contributed by atoms with E-state index in [0.717, 1.165) is 77.0 Å². The van der Waals surface area contributed by atoms with E-state index in [1.807, 2.05) is 0 Å². The van der Waals surface area contributed by atoms with Crippen molar-refractivity contribution in [1.82, 2.24) is 0 Å². The summed E-state index contributed by atoms with van der Waals surface area (Å²) in [5.74, 6) is -0.898. The SMILES string of the molecule is CCC=CCC=CCC=CCC=CCCCCC(=O)OCC(COP(=O)(O)OCCN)OC(=O)CCCCCCCC=CCCCC. The van der Waals surface area contributed by atoms with Gasteiger partial charge in [0.15, 0.2) is 6.10 Å². The zero-order valence-corrected chi connectivity index (χ0v) is 30.1. The summed E-state index contributed by atoms with van der Waals surface area (Å²) >= 11 is 0. The number of phosphoric ester groups is 1. The van der Waals surface area contributed by atoms with Crippen molar-refractivity contribution in [3.8, 4) is 0 Å². The molecule has 2 unspecified atom stereocenters. The summed E-state index contributed by atoms with van der Waals surface area (Å²) in [5.41, 5.74) is 5.32. The number of phosphoric acid groups is 1. The molecule has 2 atom stereocenters. The fourth-order valence-corrected chi connectivity index (χ4v) is 5.02. The zero-order valence-electron chi connectivity index (χ0n) is 29.2. The van der Waals surface area contributed by atoms with E-state index in [0.29, 0.717) is 12.8 Å². The third-order valence-electron chi connectivity index (χ3n) is 6.89. The maximum absolute atomic E-state index is 12.5. The van der Waals surface area contributed by atoms with Crippen molar-refractivity contribution in [2.75, 3.05) is 26.4 Å². The molecule has 0 bridgehead atoms. The number of carbonyl (C=O) groups is 2. The van der Waals surface area contributed by atoms with Gasteiger partial charge in [0.1, 0.15) is 6.61 Å². The van der Waals surface area contributed by atoms with Crippen LogP contribution >= 0.6 is 7.82 Å². The Morgan fingerprint density at radius 3 is 1.81 bits per heavy atom. The highest BCUT2D eigenvalue weighted by molar-refractivity contribution is 7.47. The van der Waals surface area contributed by atoms with Crippen LogP contribution in [0.4, 0.5) is 0 Å². The summed E-state index contributed by atoms with van der Waals surface area (Å²) in [6.45, 7) is 3.48. The number of hydrogen-bond donors (Lipinski definition) is 2. The van der Waals surface area contributed by atoms with E-state index < -0.39 is 32.5 Å². The lowest BCUT2D eigenvalue weighted by Crippen LogP contribution is -2.29. The Labute approximate surface area is 285 Å². The number of carbonyl (C=O) groups excluding carboxylic acids is 2. The van der Waals surface area contributed by atoms with Crippen molar-refractivity contribution in [3.05, 3.63) is 60.8 Å². The lowest BCUT2D eigenvalue weighted by Gasteiger charge is -2.19. The largest absolute Gasteiger partial charge is 0.472 e. The molecule has 0 radical (unpaired) electrons. The van der Waals surface area contributed by atoms with Crippen molar-refractivity contribution in [2.45, 2.75) is 136 Å². The minimum Gasteiger partial charge on any atom is -0.462 e. The Hall–Kier alpha value is -2.29. The van der Waals surface area contributed by atoms with Gasteiger partial charge in [-0.15, -0.1) is 0 Å².